The zero-order chi connectivity index (χ0) is 12.0. The fourth-order valence-electron chi connectivity index (χ4n) is 3.22. The Bertz CT molecular complexity index is 287. The Morgan fingerprint density at radius 1 is 1.38 bits per heavy atom. The summed E-state index contributed by atoms with van der Waals surface area (Å²) in [5.41, 5.74) is 5.64. The van der Waals surface area contributed by atoms with Crippen molar-refractivity contribution in [1.82, 2.24) is 5.32 Å². The maximum Gasteiger partial charge on any atom is 0.408 e. The molecule has 0 heterocycles. The van der Waals surface area contributed by atoms with Crippen LogP contribution in [0.1, 0.15) is 46.5 Å². The average Bonchev–Trinajstić information content (AvgIpc) is 1.94. The number of nitrogens with one attached hydrogen (secondary N) is 1. The lowest BCUT2D eigenvalue weighted by Gasteiger charge is -2.70. The molecule has 0 spiro atoms. The molecule has 0 aromatic heterocycles. The summed E-state index contributed by atoms with van der Waals surface area (Å²) in [6.45, 7) is 6.39. The number of ether oxygens (including phenoxy) is 1. The van der Waals surface area contributed by atoms with Crippen LogP contribution in [-0.4, -0.2) is 23.8 Å². The van der Waals surface area contributed by atoms with Crippen molar-refractivity contribution in [2.45, 2.75) is 57.6 Å². The largest absolute Gasteiger partial charge is 0.444 e. The van der Waals surface area contributed by atoms with Gasteiger partial charge in [0, 0.05) is 5.54 Å². The van der Waals surface area contributed by atoms with Gasteiger partial charge in [-0.15, -0.1) is 0 Å². The molecule has 3 saturated carbocycles. The molecule has 4 nitrogen and oxygen atoms in total. The molecule has 2 bridgehead atoms. The van der Waals surface area contributed by atoms with Crippen molar-refractivity contribution in [1.29, 1.82) is 0 Å². The van der Waals surface area contributed by atoms with E-state index in [-0.39, 0.29) is 11.6 Å². The van der Waals surface area contributed by atoms with E-state index < -0.39 is 5.60 Å². The molecule has 0 radical (unpaired) electrons. The Hall–Kier alpha value is -0.770. The van der Waals surface area contributed by atoms with Crippen molar-refractivity contribution >= 4 is 6.09 Å². The van der Waals surface area contributed by atoms with E-state index in [9.17, 15) is 4.79 Å². The van der Waals surface area contributed by atoms with E-state index in [0.29, 0.717) is 5.41 Å². The van der Waals surface area contributed by atoms with Crippen LogP contribution in [-0.2, 0) is 4.74 Å². The molecule has 0 aromatic carbocycles. The van der Waals surface area contributed by atoms with Crippen LogP contribution in [0.25, 0.3) is 0 Å². The van der Waals surface area contributed by atoms with Gasteiger partial charge in [0.05, 0.1) is 0 Å². The van der Waals surface area contributed by atoms with E-state index in [4.69, 9.17) is 10.5 Å². The van der Waals surface area contributed by atoms with Gasteiger partial charge in [-0.2, -0.15) is 0 Å². The molecule has 3 aliphatic carbocycles. The summed E-state index contributed by atoms with van der Waals surface area (Å²) < 4.78 is 5.25. The fourth-order valence-corrected chi connectivity index (χ4v) is 3.22. The van der Waals surface area contributed by atoms with Gasteiger partial charge in [0.2, 0.25) is 0 Å². The molecule has 92 valence electrons. The molecule has 0 saturated heterocycles. The number of carbonyl (C=O) groups is 1. The minimum atomic E-state index is -0.414. The van der Waals surface area contributed by atoms with E-state index >= 15 is 0 Å². The van der Waals surface area contributed by atoms with E-state index in [1.807, 2.05) is 20.8 Å². The van der Waals surface area contributed by atoms with Crippen LogP contribution in [0.5, 0.6) is 0 Å². The first-order chi connectivity index (χ1) is 7.28. The predicted octanol–water partition coefficient (Wildman–Crippen LogP) is 1.78. The van der Waals surface area contributed by atoms with Crippen LogP contribution >= 0.6 is 0 Å². The van der Waals surface area contributed by atoms with Crippen LogP contribution in [0, 0.1) is 5.41 Å². The van der Waals surface area contributed by atoms with E-state index in [2.05, 4.69) is 5.32 Å². The summed E-state index contributed by atoms with van der Waals surface area (Å²) in [6.07, 6.45) is 4.04. The molecule has 0 aromatic rings. The highest BCUT2D eigenvalue weighted by atomic mass is 16.6. The Kier molecular flexibility index (Phi) is 2.46. The lowest BCUT2D eigenvalue weighted by atomic mass is 9.38. The molecule has 4 heteroatoms. The van der Waals surface area contributed by atoms with E-state index in [0.717, 1.165) is 32.2 Å². The third kappa shape index (κ3) is 2.03. The standard InChI is InChI=1S/C12H22N2O2/c1-10(2,3)16-9(15)14-12-6-11(7-12,8-12)4-5-13/h4-8,13H2,1-3H3,(H,14,15). The number of amides is 1. The van der Waals surface area contributed by atoms with E-state index in [1.165, 1.54) is 0 Å². The van der Waals surface area contributed by atoms with Gasteiger partial charge in [-0.25, -0.2) is 4.79 Å². The fraction of sp³-hybridized carbons (Fsp3) is 0.917. The quantitative estimate of drug-likeness (QED) is 0.771. The van der Waals surface area contributed by atoms with Gasteiger partial charge in [0.1, 0.15) is 5.60 Å². The van der Waals surface area contributed by atoms with Crippen molar-refractivity contribution in [2.75, 3.05) is 6.54 Å². The molecule has 3 N–H and O–H groups in total. The predicted molar refractivity (Wildman–Crippen MR) is 62.1 cm³/mol. The Morgan fingerprint density at radius 2 is 1.94 bits per heavy atom. The molecule has 0 unspecified atom stereocenters. The van der Waals surface area contributed by atoms with Crippen LogP contribution < -0.4 is 11.1 Å². The van der Waals surface area contributed by atoms with Crippen molar-refractivity contribution in [2.24, 2.45) is 11.1 Å². The smallest absolute Gasteiger partial charge is 0.408 e. The lowest BCUT2D eigenvalue weighted by Crippen LogP contribution is -2.75. The third-order valence-corrected chi connectivity index (χ3v) is 3.58. The zero-order valence-corrected chi connectivity index (χ0v) is 10.4. The maximum atomic E-state index is 11.6. The Labute approximate surface area is 96.9 Å². The second-order valence-electron chi connectivity index (χ2n) is 6.48. The van der Waals surface area contributed by atoms with E-state index in [1.54, 1.807) is 0 Å². The van der Waals surface area contributed by atoms with Gasteiger partial charge < -0.3 is 15.8 Å². The SMILES string of the molecule is CC(C)(C)OC(=O)NC12CC(CCN)(C1)C2. The number of carbonyl (C=O) groups excluding carboxylic acids is 1. The number of rotatable bonds is 3. The molecule has 0 atom stereocenters. The van der Waals surface area contributed by atoms with Gasteiger partial charge in [0.15, 0.2) is 0 Å². The first-order valence-electron chi connectivity index (χ1n) is 6.00. The minimum Gasteiger partial charge on any atom is -0.444 e. The van der Waals surface area contributed by atoms with Gasteiger partial charge in [-0.1, -0.05) is 0 Å². The summed E-state index contributed by atoms with van der Waals surface area (Å²) in [5.74, 6) is 0. The number of alkyl carbamates (subject to hydrolysis) is 1. The van der Waals surface area contributed by atoms with Crippen molar-refractivity contribution in [3.05, 3.63) is 0 Å². The highest BCUT2D eigenvalue weighted by molar-refractivity contribution is 5.69. The first kappa shape index (κ1) is 11.7. The minimum absolute atomic E-state index is 0.0392. The van der Waals surface area contributed by atoms with Crippen molar-refractivity contribution < 1.29 is 9.53 Å². The van der Waals surface area contributed by atoms with Crippen LogP contribution in [0.4, 0.5) is 4.79 Å². The van der Waals surface area contributed by atoms with Gasteiger partial charge in [-0.05, 0) is 58.4 Å². The summed E-state index contributed by atoms with van der Waals surface area (Å²) in [6, 6.07) is 0. The second kappa shape index (κ2) is 3.36. The molecule has 1 amide bonds. The summed E-state index contributed by atoms with van der Waals surface area (Å²) >= 11 is 0. The molecule has 16 heavy (non-hydrogen) atoms. The Morgan fingerprint density at radius 3 is 2.38 bits per heavy atom. The maximum absolute atomic E-state index is 11.6. The lowest BCUT2D eigenvalue weighted by molar-refractivity contribution is -0.154. The third-order valence-electron chi connectivity index (χ3n) is 3.58. The molecule has 3 fully saturated rings. The molecule has 3 aliphatic rings. The topological polar surface area (TPSA) is 64.3 Å². The van der Waals surface area contributed by atoms with Gasteiger partial charge in [0.25, 0.3) is 0 Å². The number of hydrogen-bond acceptors (Lipinski definition) is 3. The molecular formula is C12H22N2O2. The Balaban J connectivity index is 1.76. The second-order valence-corrected chi connectivity index (χ2v) is 6.48. The molecule has 0 aliphatic heterocycles. The monoisotopic (exact) mass is 226 g/mol. The first-order valence-corrected chi connectivity index (χ1v) is 6.00. The number of hydrogen-bond donors (Lipinski definition) is 2. The van der Waals surface area contributed by atoms with Crippen LogP contribution in [0.15, 0.2) is 0 Å². The highest BCUT2D eigenvalue weighted by Gasteiger charge is 2.67. The van der Waals surface area contributed by atoms with Crippen LogP contribution in [0.3, 0.4) is 0 Å². The molecular weight excluding hydrogens is 204 g/mol. The summed E-state index contributed by atoms with van der Waals surface area (Å²) in [5, 5.41) is 3.00. The summed E-state index contributed by atoms with van der Waals surface area (Å²) in [7, 11) is 0. The normalized spacial score (nSPS) is 36.0. The van der Waals surface area contributed by atoms with Crippen LogP contribution in [0.2, 0.25) is 0 Å². The average molecular weight is 226 g/mol. The van der Waals surface area contributed by atoms with Gasteiger partial charge >= 0.3 is 6.09 Å². The van der Waals surface area contributed by atoms with Crippen molar-refractivity contribution in [3.63, 3.8) is 0 Å². The number of nitrogens with two attached hydrogens (primary N) is 1. The zero-order valence-electron chi connectivity index (χ0n) is 10.4. The summed E-state index contributed by atoms with van der Waals surface area (Å²) in [4.78, 5) is 11.6. The molecule has 3 rings (SSSR count). The van der Waals surface area contributed by atoms with Crippen molar-refractivity contribution in [3.8, 4) is 0 Å². The van der Waals surface area contributed by atoms with Gasteiger partial charge in [-0.3, -0.25) is 0 Å². The highest BCUT2D eigenvalue weighted by Crippen LogP contribution is 2.68.